The maximum atomic E-state index is 12.5. The Hall–Kier alpha value is -3.00. The number of carbonyl (C=O) groups is 1. The number of hydrogen-bond acceptors (Lipinski definition) is 6. The number of aryl methyl sites for hydroxylation is 1. The van der Waals surface area contributed by atoms with Crippen molar-refractivity contribution in [3.05, 3.63) is 47.9 Å². The molecule has 1 fully saturated rings. The third-order valence-electron chi connectivity index (χ3n) is 5.27. The number of para-hydroxylation sites is 2. The number of nitrogens with one attached hydrogen (secondary N) is 2. The molecule has 8 nitrogen and oxygen atoms in total. The normalized spacial score (nSPS) is 16.4. The summed E-state index contributed by atoms with van der Waals surface area (Å²) in [5.41, 5.74) is 2.50. The molecule has 0 spiro atoms. The molecule has 1 atom stereocenters. The van der Waals surface area contributed by atoms with E-state index in [0.29, 0.717) is 18.1 Å². The van der Waals surface area contributed by atoms with E-state index in [1.54, 1.807) is 17.0 Å². The molecule has 4 rings (SSSR count). The Morgan fingerprint density at radius 1 is 1.29 bits per heavy atom. The maximum Gasteiger partial charge on any atom is 0.274 e. The second kappa shape index (κ2) is 7.93. The Labute approximate surface area is 164 Å². The number of imidazole rings is 1. The fraction of sp³-hybridized carbons (Fsp3) is 0.400. The number of fused-ring (bicyclic) bond motifs is 1. The molecule has 1 unspecified atom stereocenters. The third kappa shape index (κ3) is 3.68. The Kier molecular flexibility index (Phi) is 5.21. The van der Waals surface area contributed by atoms with Crippen molar-refractivity contribution in [1.82, 2.24) is 30.0 Å². The summed E-state index contributed by atoms with van der Waals surface area (Å²) in [6, 6.07) is 11.9. The molecule has 28 heavy (non-hydrogen) atoms. The number of benzene rings is 1. The Balaban J connectivity index is 1.35. The summed E-state index contributed by atoms with van der Waals surface area (Å²) in [6.45, 7) is 5.25. The molecule has 2 N–H and O–H groups in total. The summed E-state index contributed by atoms with van der Waals surface area (Å²) in [7, 11) is 1.83. The molecule has 0 saturated carbocycles. The molecule has 1 saturated heterocycles. The van der Waals surface area contributed by atoms with E-state index < -0.39 is 0 Å². The molecule has 2 aromatic heterocycles. The van der Waals surface area contributed by atoms with Gasteiger partial charge >= 0.3 is 0 Å². The molecule has 8 heteroatoms. The lowest BCUT2D eigenvalue weighted by Gasteiger charge is -2.23. The first-order valence-electron chi connectivity index (χ1n) is 9.61. The molecule has 1 aliphatic rings. The van der Waals surface area contributed by atoms with Gasteiger partial charge in [-0.2, -0.15) is 0 Å². The Morgan fingerprint density at radius 2 is 2.14 bits per heavy atom. The van der Waals surface area contributed by atoms with Crippen molar-refractivity contribution in [3.8, 4) is 0 Å². The smallest absolute Gasteiger partial charge is 0.274 e. The predicted octanol–water partition coefficient (Wildman–Crippen LogP) is 1.68. The van der Waals surface area contributed by atoms with Crippen molar-refractivity contribution in [2.45, 2.75) is 25.9 Å². The zero-order valence-electron chi connectivity index (χ0n) is 16.2. The number of aromatic nitrogens is 4. The monoisotopic (exact) mass is 379 g/mol. The average molecular weight is 379 g/mol. The van der Waals surface area contributed by atoms with Gasteiger partial charge in [-0.25, -0.2) is 4.98 Å². The Morgan fingerprint density at radius 3 is 2.89 bits per heavy atom. The third-order valence-corrected chi connectivity index (χ3v) is 5.27. The summed E-state index contributed by atoms with van der Waals surface area (Å²) in [6.07, 6.45) is 0.970. The summed E-state index contributed by atoms with van der Waals surface area (Å²) in [5.74, 6) is 1.55. The summed E-state index contributed by atoms with van der Waals surface area (Å²) in [5, 5.41) is 14.8. The number of rotatable bonds is 6. The minimum Gasteiger partial charge on any atom is -0.367 e. The highest BCUT2D eigenvalue weighted by atomic mass is 16.2. The number of nitrogens with zero attached hydrogens (tertiary/aromatic N) is 5. The second-order valence-electron chi connectivity index (χ2n) is 7.09. The molecular weight excluding hydrogens is 354 g/mol. The van der Waals surface area contributed by atoms with E-state index in [0.717, 1.165) is 42.9 Å². The van der Waals surface area contributed by atoms with Crippen molar-refractivity contribution >= 4 is 22.8 Å². The van der Waals surface area contributed by atoms with Crippen LogP contribution in [0.5, 0.6) is 0 Å². The van der Waals surface area contributed by atoms with E-state index in [9.17, 15) is 4.79 Å². The van der Waals surface area contributed by atoms with Gasteiger partial charge in [0.2, 0.25) is 0 Å². The average Bonchev–Trinajstić information content (AvgIpc) is 3.36. The van der Waals surface area contributed by atoms with Gasteiger partial charge in [0.25, 0.3) is 5.91 Å². The number of anilines is 1. The predicted molar refractivity (Wildman–Crippen MR) is 108 cm³/mol. The van der Waals surface area contributed by atoms with E-state index in [1.807, 2.05) is 32.2 Å². The van der Waals surface area contributed by atoms with E-state index in [-0.39, 0.29) is 11.9 Å². The fourth-order valence-electron chi connectivity index (χ4n) is 3.63. The van der Waals surface area contributed by atoms with Gasteiger partial charge in [0, 0.05) is 32.7 Å². The molecule has 0 bridgehead atoms. The van der Waals surface area contributed by atoms with E-state index >= 15 is 0 Å². The van der Waals surface area contributed by atoms with Gasteiger partial charge in [-0.1, -0.05) is 12.1 Å². The Bertz CT molecular complexity index is 960. The van der Waals surface area contributed by atoms with Gasteiger partial charge < -0.3 is 20.1 Å². The van der Waals surface area contributed by atoms with Gasteiger partial charge in [0.1, 0.15) is 11.6 Å². The minimum atomic E-state index is -0.0896. The molecule has 0 radical (unpaired) electrons. The van der Waals surface area contributed by atoms with Gasteiger partial charge in [-0.15, -0.1) is 10.2 Å². The van der Waals surface area contributed by atoms with E-state index in [1.165, 1.54) is 0 Å². The van der Waals surface area contributed by atoms with Gasteiger partial charge in [-0.05, 0) is 44.2 Å². The zero-order valence-corrected chi connectivity index (χ0v) is 16.2. The minimum absolute atomic E-state index is 0.0896. The molecule has 1 aromatic carbocycles. The van der Waals surface area contributed by atoms with Crippen LogP contribution in [0.25, 0.3) is 11.0 Å². The first-order chi connectivity index (χ1) is 13.6. The van der Waals surface area contributed by atoms with Crippen molar-refractivity contribution in [1.29, 1.82) is 0 Å². The summed E-state index contributed by atoms with van der Waals surface area (Å²) in [4.78, 5) is 18.9. The standard InChI is InChI=1S/C20H25N7O/c1-14-23-16-5-3-4-6-18(16)27(14)12-11-22-19-8-7-17(24-25-19)20(28)26(2)15-9-10-21-13-15/h3-8,15,21H,9-13H2,1-2H3,(H,22,25). The summed E-state index contributed by atoms with van der Waals surface area (Å²) >= 11 is 0. The molecule has 1 aliphatic heterocycles. The number of amides is 1. The van der Waals surface area contributed by atoms with E-state index in [2.05, 4.69) is 36.4 Å². The van der Waals surface area contributed by atoms with Gasteiger partial charge in [0.15, 0.2) is 5.69 Å². The number of hydrogen-bond donors (Lipinski definition) is 2. The zero-order chi connectivity index (χ0) is 19.5. The lowest BCUT2D eigenvalue weighted by Crippen LogP contribution is -2.38. The van der Waals surface area contributed by atoms with Crippen LogP contribution in [-0.2, 0) is 6.54 Å². The quantitative estimate of drug-likeness (QED) is 0.678. The van der Waals surface area contributed by atoms with Crippen LogP contribution in [0.4, 0.5) is 5.82 Å². The lowest BCUT2D eigenvalue weighted by molar-refractivity contribution is 0.0736. The fourth-order valence-corrected chi connectivity index (χ4v) is 3.63. The van der Waals surface area contributed by atoms with Gasteiger partial charge in [-0.3, -0.25) is 4.79 Å². The number of likely N-dealkylation sites (N-methyl/N-ethyl adjacent to an activating group) is 1. The first-order valence-corrected chi connectivity index (χ1v) is 9.61. The van der Waals surface area contributed by atoms with Crippen LogP contribution in [0.1, 0.15) is 22.7 Å². The van der Waals surface area contributed by atoms with Crippen LogP contribution >= 0.6 is 0 Å². The van der Waals surface area contributed by atoms with Gasteiger partial charge in [0.05, 0.1) is 11.0 Å². The van der Waals surface area contributed by atoms with Crippen molar-refractivity contribution in [3.63, 3.8) is 0 Å². The first kappa shape index (κ1) is 18.4. The lowest BCUT2D eigenvalue weighted by atomic mass is 10.2. The van der Waals surface area contributed by atoms with Crippen molar-refractivity contribution < 1.29 is 4.79 Å². The van der Waals surface area contributed by atoms with Crippen LogP contribution in [0.3, 0.4) is 0 Å². The molecule has 3 heterocycles. The molecule has 1 amide bonds. The maximum absolute atomic E-state index is 12.5. The van der Waals surface area contributed by atoms with Crippen LogP contribution < -0.4 is 10.6 Å². The highest BCUT2D eigenvalue weighted by Crippen LogP contribution is 2.15. The van der Waals surface area contributed by atoms with Crippen molar-refractivity contribution in [2.75, 3.05) is 32.0 Å². The largest absolute Gasteiger partial charge is 0.367 e. The van der Waals surface area contributed by atoms with Crippen molar-refractivity contribution in [2.24, 2.45) is 0 Å². The van der Waals surface area contributed by atoms with E-state index in [4.69, 9.17) is 0 Å². The highest BCUT2D eigenvalue weighted by molar-refractivity contribution is 5.92. The number of carbonyl (C=O) groups excluding carboxylic acids is 1. The molecule has 3 aromatic rings. The molecule has 146 valence electrons. The van der Waals surface area contributed by atoms with Crippen LogP contribution in [0, 0.1) is 6.92 Å². The second-order valence-corrected chi connectivity index (χ2v) is 7.09. The van der Waals surface area contributed by atoms with Crippen LogP contribution in [-0.4, -0.2) is 63.3 Å². The topological polar surface area (TPSA) is 88.0 Å². The SMILES string of the molecule is Cc1nc2ccccc2n1CCNc1ccc(C(=O)N(C)C2CCNC2)nn1. The van der Waals surface area contributed by atoms with Crippen LogP contribution in [0.2, 0.25) is 0 Å². The molecular formula is C20H25N7O. The summed E-state index contributed by atoms with van der Waals surface area (Å²) < 4.78 is 2.18. The van der Waals surface area contributed by atoms with Crippen LogP contribution in [0.15, 0.2) is 36.4 Å². The highest BCUT2D eigenvalue weighted by Gasteiger charge is 2.24. The molecule has 0 aliphatic carbocycles.